The van der Waals surface area contributed by atoms with Gasteiger partial charge in [-0.15, -0.1) is 11.8 Å². The molecule has 0 saturated heterocycles. The number of para-hydroxylation sites is 1. The molecule has 0 aromatic heterocycles. The van der Waals surface area contributed by atoms with Gasteiger partial charge in [-0.05, 0) is 43.0 Å². The van der Waals surface area contributed by atoms with Gasteiger partial charge in [-0.1, -0.05) is 32.0 Å². The number of nitrogens with zero attached hydrogens (tertiary/aromatic N) is 1. The van der Waals surface area contributed by atoms with Crippen molar-refractivity contribution in [2.24, 2.45) is 0 Å². The van der Waals surface area contributed by atoms with Gasteiger partial charge in [0, 0.05) is 29.4 Å². The molecule has 2 N–H and O–H groups in total. The molecule has 2 aromatic carbocycles. The first-order chi connectivity index (χ1) is 13.3. The fourth-order valence-electron chi connectivity index (χ4n) is 2.77. The van der Waals surface area contributed by atoms with Gasteiger partial charge < -0.3 is 10.6 Å². The van der Waals surface area contributed by atoms with E-state index in [2.05, 4.69) is 10.6 Å². The molecule has 2 aromatic rings. The van der Waals surface area contributed by atoms with E-state index < -0.39 is 10.0 Å². The molecule has 28 heavy (non-hydrogen) atoms. The van der Waals surface area contributed by atoms with Crippen LogP contribution in [0.15, 0.2) is 52.3 Å². The first-order valence-corrected chi connectivity index (χ1v) is 11.8. The second-order valence-electron chi connectivity index (χ2n) is 6.17. The molecule has 0 bridgehead atoms. The Kier molecular flexibility index (Phi) is 7.91. The summed E-state index contributed by atoms with van der Waals surface area (Å²) >= 11 is 1.60. The largest absolute Gasteiger partial charge is 0.375 e. The van der Waals surface area contributed by atoms with Crippen LogP contribution in [0.3, 0.4) is 0 Å². The molecule has 0 saturated carbocycles. The summed E-state index contributed by atoms with van der Waals surface area (Å²) in [6.45, 7) is 6.32. The number of benzene rings is 2. The highest BCUT2D eigenvalue weighted by Gasteiger charge is 2.22. The van der Waals surface area contributed by atoms with Crippen LogP contribution in [0.4, 0.5) is 11.4 Å². The third-order valence-corrected chi connectivity index (χ3v) is 7.21. The summed E-state index contributed by atoms with van der Waals surface area (Å²) in [5, 5.41) is 5.94. The van der Waals surface area contributed by atoms with Crippen molar-refractivity contribution in [3.05, 3.63) is 48.0 Å². The van der Waals surface area contributed by atoms with Crippen molar-refractivity contribution in [3.63, 3.8) is 0 Å². The Bertz CT molecular complexity index is 926. The highest BCUT2D eigenvalue weighted by Crippen LogP contribution is 2.25. The lowest BCUT2D eigenvalue weighted by molar-refractivity contribution is -0.114. The van der Waals surface area contributed by atoms with Crippen LogP contribution in [-0.4, -0.2) is 44.5 Å². The lowest BCUT2D eigenvalue weighted by Crippen LogP contribution is -2.30. The highest BCUT2D eigenvalue weighted by molar-refractivity contribution is 7.98. The van der Waals surface area contributed by atoms with Crippen LogP contribution in [0.25, 0.3) is 0 Å². The Hall–Kier alpha value is -2.03. The Labute approximate surface area is 171 Å². The molecule has 8 heteroatoms. The molecule has 0 aliphatic rings. The number of sulfonamides is 1. The fraction of sp³-hybridized carbons (Fsp3) is 0.350. The lowest BCUT2D eigenvalue weighted by atomic mass is 10.2. The van der Waals surface area contributed by atoms with Crippen molar-refractivity contribution in [1.82, 2.24) is 4.31 Å². The predicted molar refractivity (Wildman–Crippen MR) is 117 cm³/mol. The van der Waals surface area contributed by atoms with Crippen LogP contribution in [0.2, 0.25) is 0 Å². The van der Waals surface area contributed by atoms with E-state index in [1.54, 1.807) is 37.7 Å². The molecule has 0 radical (unpaired) electrons. The van der Waals surface area contributed by atoms with E-state index in [9.17, 15) is 13.2 Å². The quantitative estimate of drug-likeness (QED) is 0.602. The summed E-state index contributed by atoms with van der Waals surface area (Å²) in [6, 6.07) is 12.6. The first-order valence-electron chi connectivity index (χ1n) is 9.11. The monoisotopic (exact) mass is 421 g/mol. The van der Waals surface area contributed by atoms with Gasteiger partial charge in [0.25, 0.3) is 0 Å². The molecule has 0 unspecified atom stereocenters. The third-order valence-electron chi connectivity index (χ3n) is 4.37. The molecule has 0 fully saturated rings. The van der Waals surface area contributed by atoms with E-state index in [4.69, 9.17) is 0 Å². The maximum atomic E-state index is 12.7. The molecule has 0 aliphatic carbocycles. The zero-order chi connectivity index (χ0) is 20.7. The fourth-order valence-corrected chi connectivity index (χ4v) is 4.83. The molecule has 0 atom stereocenters. The Morgan fingerprint density at radius 1 is 1.07 bits per heavy atom. The smallest absolute Gasteiger partial charge is 0.243 e. The zero-order valence-electron chi connectivity index (χ0n) is 16.7. The van der Waals surface area contributed by atoms with Gasteiger partial charge >= 0.3 is 0 Å². The zero-order valence-corrected chi connectivity index (χ0v) is 18.3. The van der Waals surface area contributed by atoms with E-state index in [0.717, 1.165) is 16.1 Å². The summed E-state index contributed by atoms with van der Waals surface area (Å²) < 4.78 is 26.8. The summed E-state index contributed by atoms with van der Waals surface area (Å²) in [5.41, 5.74) is 2.19. The third kappa shape index (κ3) is 5.27. The van der Waals surface area contributed by atoms with Gasteiger partial charge in [0.05, 0.1) is 11.4 Å². The SMILES string of the molecule is CCN(CC)S(=O)(=O)c1ccc(C)c(NC(=O)CNc2ccccc2SC)c1. The number of hydrogen-bond acceptors (Lipinski definition) is 5. The average Bonchev–Trinajstić information content (AvgIpc) is 2.68. The maximum Gasteiger partial charge on any atom is 0.243 e. The van der Waals surface area contributed by atoms with Crippen molar-refractivity contribution in [2.75, 3.05) is 36.5 Å². The number of thioether (sulfide) groups is 1. The molecular weight excluding hydrogens is 394 g/mol. The first kappa shape index (κ1) is 22.3. The van der Waals surface area contributed by atoms with Crippen LogP contribution in [-0.2, 0) is 14.8 Å². The van der Waals surface area contributed by atoms with Gasteiger partial charge in [0.1, 0.15) is 0 Å². The summed E-state index contributed by atoms with van der Waals surface area (Å²) in [4.78, 5) is 13.6. The molecule has 1 amide bonds. The minimum atomic E-state index is -3.58. The number of nitrogens with one attached hydrogen (secondary N) is 2. The van der Waals surface area contributed by atoms with Crippen molar-refractivity contribution >= 4 is 39.1 Å². The minimum absolute atomic E-state index is 0.0873. The second kappa shape index (κ2) is 9.95. The van der Waals surface area contributed by atoms with Crippen molar-refractivity contribution in [2.45, 2.75) is 30.6 Å². The van der Waals surface area contributed by atoms with Crippen LogP contribution in [0, 0.1) is 6.92 Å². The van der Waals surface area contributed by atoms with Gasteiger partial charge in [-0.25, -0.2) is 8.42 Å². The van der Waals surface area contributed by atoms with Crippen LogP contribution < -0.4 is 10.6 Å². The molecule has 2 rings (SSSR count). The Balaban J connectivity index is 2.14. The van der Waals surface area contributed by atoms with E-state index in [1.165, 1.54) is 10.4 Å². The van der Waals surface area contributed by atoms with Crippen molar-refractivity contribution in [1.29, 1.82) is 0 Å². The van der Waals surface area contributed by atoms with Crippen LogP contribution in [0.1, 0.15) is 19.4 Å². The number of amides is 1. The highest BCUT2D eigenvalue weighted by atomic mass is 32.2. The summed E-state index contributed by atoms with van der Waals surface area (Å²) in [7, 11) is -3.58. The summed E-state index contributed by atoms with van der Waals surface area (Å²) in [5.74, 6) is -0.239. The van der Waals surface area contributed by atoms with Crippen LogP contribution >= 0.6 is 11.8 Å². The standard InChI is InChI=1S/C20H27N3O3S2/c1-5-23(6-2)28(25,26)16-12-11-15(3)18(13-16)22-20(24)14-21-17-9-7-8-10-19(17)27-4/h7-13,21H,5-6,14H2,1-4H3,(H,22,24). The van der Waals surface area contributed by atoms with Gasteiger partial charge in [-0.3, -0.25) is 4.79 Å². The van der Waals surface area contributed by atoms with E-state index in [1.807, 2.05) is 37.4 Å². The van der Waals surface area contributed by atoms with Gasteiger partial charge in [0.2, 0.25) is 15.9 Å². The number of hydrogen-bond donors (Lipinski definition) is 2. The van der Waals surface area contributed by atoms with Crippen molar-refractivity contribution < 1.29 is 13.2 Å². The van der Waals surface area contributed by atoms with E-state index in [-0.39, 0.29) is 17.3 Å². The topological polar surface area (TPSA) is 78.5 Å². The summed E-state index contributed by atoms with van der Waals surface area (Å²) in [6.07, 6.45) is 1.98. The number of carbonyl (C=O) groups is 1. The number of aryl methyl sites for hydroxylation is 1. The van der Waals surface area contributed by atoms with Gasteiger partial charge in [0.15, 0.2) is 0 Å². The average molecular weight is 422 g/mol. The van der Waals surface area contributed by atoms with Crippen molar-refractivity contribution in [3.8, 4) is 0 Å². The molecule has 0 aliphatic heterocycles. The Morgan fingerprint density at radius 3 is 2.39 bits per heavy atom. The molecule has 0 spiro atoms. The molecule has 0 heterocycles. The second-order valence-corrected chi connectivity index (χ2v) is 8.95. The van der Waals surface area contributed by atoms with Crippen LogP contribution in [0.5, 0.6) is 0 Å². The molecular formula is C20H27N3O3S2. The number of anilines is 2. The minimum Gasteiger partial charge on any atom is -0.375 e. The Morgan fingerprint density at radius 2 is 1.75 bits per heavy atom. The maximum absolute atomic E-state index is 12.7. The molecule has 152 valence electrons. The predicted octanol–water partition coefficient (Wildman–Crippen LogP) is 3.80. The number of carbonyl (C=O) groups excluding carboxylic acids is 1. The van der Waals surface area contributed by atoms with Gasteiger partial charge in [-0.2, -0.15) is 4.31 Å². The number of rotatable bonds is 9. The lowest BCUT2D eigenvalue weighted by Gasteiger charge is -2.19. The van der Waals surface area contributed by atoms with E-state index >= 15 is 0 Å². The normalized spacial score (nSPS) is 11.5. The molecule has 6 nitrogen and oxygen atoms in total. The van der Waals surface area contributed by atoms with E-state index in [0.29, 0.717) is 18.8 Å².